The highest BCUT2D eigenvalue weighted by molar-refractivity contribution is 8.00. The number of β-lactam (4-membered cyclic amide) rings is 1. The van der Waals surface area contributed by atoms with E-state index in [1.165, 1.54) is 54.4 Å². The average molecular weight is 907 g/mol. The lowest BCUT2D eigenvalue weighted by molar-refractivity contribution is -0.153. The Bertz CT molecular complexity index is 2630. The predicted octanol–water partition coefficient (Wildman–Crippen LogP) is 8.02. The molecule has 64 heavy (non-hydrogen) atoms. The van der Waals surface area contributed by atoms with E-state index in [4.69, 9.17) is 23.8 Å². The molecule has 326 valence electrons. The number of thiazole rings is 1. The molecular formula is C46H37F3N6O7S2. The number of nitrogens with zero attached hydrogens (tertiary/aromatic N) is 4. The summed E-state index contributed by atoms with van der Waals surface area (Å²) in [6.45, 7) is -0.162. The smallest absolute Gasteiger partial charge is 0.436 e. The first-order valence-corrected chi connectivity index (χ1v) is 21.5. The first kappa shape index (κ1) is 43.5. The van der Waals surface area contributed by atoms with Crippen molar-refractivity contribution in [1.29, 1.82) is 0 Å². The summed E-state index contributed by atoms with van der Waals surface area (Å²) < 4.78 is 55.3. The summed E-state index contributed by atoms with van der Waals surface area (Å²) in [4.78, 5) is 52.9. The number of halogens is 3. The predicted molar refractivity (Wildman–Crippen MR) is 234 cm³/mol. The fraction of sp³-hybridized carbons (Fsp3) is 0.174. The molecule has 2 aliphatic heterocycles. The number of amides is 2. The minimum Gasteiger partial charge on any atom is -0.497 e. The molecule has 6 aromatic rings. The van der Waals surface area contributed by atoms with Gasteiger partial charge in [-0.3, -0.25) is 14.5 Å². The number of hydrogen-bond acceptors (Lipinski definition) is 13. The number of oxime groups is 1. The summed E-state index contributed by atoms with van der Waals surface area (Å²) in [6.07, 6.45) is -2.15. The zero-order valence-electron chi connectivity index (χ0n) is 33.9. The van der Waals surface area contributed by atoms with Crippen molar-refractivity contribution in [2.75, 3.05) is 25.3 Å². The summed E-state index contributed by atoms with van der Waals surface area (Å²) in [5.41, 5.74) is 1.42. The highest BCUT2D eigenvalue weighted by Crippen LogP contribution is 2.43. The number of thioether (sulfide) groups is 1. The molecule has 13 nitrogen and oxygen atoms in total. The number of alkyl halides is 3. The molecule has 0 radical (unpaired) electrons. The van der Waals surface area contributed by atoms with E-state index in [-0.39, 0.29) is 40.8 Å². The summed E-state index contributed by atoms with van der Waals surface area (Å²) >= 11 is 2.47. The number of hydrogen-bond donors (Lipinski definition) is 2. The van der Waals surface area contributed by atoms with Crippen LogP contribution >= 0.6 is 23.1 Å². The fourth-order valence-electron chi connectivity index (χ4n) is 7.27. The Morgan fingerprint density at radius 1 is 0.906 bits per heavy atom. The number of fused-ring (bicyclic) bond motifs is 1. The van der Waals surface area contributed by atoms with Crippen LogP contribution < -0.4 is 15.4 Å². The number of esters is 1. The van der Waals surface area contributed by atoms with Crippen LogP contribution in [-0.2, 0) is 42.3 Å². The van der Waals surface area contributed by atoms with E-state index < -0.39 is 46.6 Å². The largest absolute Gasteiger partial charge is 0.497 e. The monoisotopic (exact) mass is 906 g/mol. The molecule has 0 bridgehead atoms. The summed E-state index contributed by atoms with van der Waals surface area (Å²) in [7, 11) is 2.80. The van der Waals surface area contributed by atoms with Gasteiger partial charge in [-0.2, -0.15) is 13.2 Å². The lowest BCUT2D eigenvalue weighted by atomic mass is 9.77. The number of nitrogens with one attached hydrogen (secondary N) is 2. The molecule has 8 rings (SSSR count). The number of rotatable bonds is 15. The first-order valence-electron chi connectivity index (χ1n) is 19.5. The van der Waals surface area contributed by atoms with Gasteiger partial charge in [-0.1, -0.05) is 120 Å². The van der Waals surface area contributed by atoms with Crippen molar-refractivity contribution >= 4 is 57.8 Å². The number of benzene rings is 4. The quantitative estimate of drug-likeness (QED) is 0.0338. The molecule has 4 heterocycles. The number of allylic oxidation sites excluding steroid dienone is 1. The molecule has 1 saturated heterocycles. The highest BCUT2D eigenvalue weighted by atomic mass is 32.2. The lowest BCUT2D eigenvalue weighted by Crippen LogP contribution is -2.71. The normalized spacial score (nSPS) is 16.5. The van der Waals surface area contributed by atoms with Crippen molar-refractivity contribution in [2.24, 2.45) is 5.16 Å². The molecular weight excluding hydrogens is 870 g/mol. The van der Waals surface area contributed by atoms with E-state index in [1.54, 1.807) is 29.6 Å². The van der Waals surface area contributed by atoms with Gasteiger partial charge in [0.25, 0.3) is 11.8 Å². The van der Waals surface area contributed by atoms with Crippen LogP contribution in [-0.4, -0.2) is 69.9 Å². The summed E-state index contributed by atoms with van der Waals surface area (Å²) in [5, 5.41) is 14.9. The highest BCUT2D eigenvalue weighted by Gasteiger charge is 2.54. The Balaban J connectivity index is 1.04. The van der Waals surface area contributed by atoms with Crippen LogP contribution in [0.15, 0.2) is 154 Å². The molecule has 2 atom stereocenters. The summed E-state index contributed by atoms with van der Waals surface area (Å²) in [5.74, 6) is -1.79. The van der Waals surface area contributed by atoms with Crippen molar-refractivity contribution in [3.05, 3.63) is 183 Å². The molecule has 4 aromatic carbocycles. The van der Waals surface area contributed by atoms with Gasteiger partial charge in [-0.15, -0.1) is 23.1 Å². The Hall–Kier alpha value is -7.18. The SMILES string of the molecule is CO/N=C(\C(=O)N[C@@H]1C(=O)N2C(C(=O)OCc3ccc(OC)cc3)=C(/C=C\c3cc(C(F)(F)F)no3)CS[C@H]12)c1csc(NC(c2ccccc2)(c2ccccc2)c2ccccc2)n1. The number of methoxy groups -OCH3 is 1. The van der Waals surface area contributed by atoms with Crippen molar-refractivity contribution in [3.8, 4) is 5.75 Å². The zero-order valence-corrected chi connectivity index (χ0v) is 35.6. The van der Waals surface area contributed by atoms with Gasteiger partial charge in [0.15, 0.2) is 22.3 Å². The van der Waals surface area contributed by atoms with E-state index >= 15 is 0 Å². The second-order valence-corrected chi connectivity index (χ2v) is 16.2. The van der Waals surface area contributed by atoms with Crippen molar-refractivity contribution in [3.63, 3.8) is 0 Å². The molecule has 2 amide bonds. The minimum absolute atomic E-state index is 0.108. The second-order valence-electron chi connectivity index (χ2n) is 14.2. The van der Waals surface area contributed by atoms with Crippen LogP contribution in [0.2, 0.25) is 0 Å². The maximum atomic E-state index is 14.1. The molecule has 0 unspecified atom stereocenters. The molecule has 18 heteroatoms. The third-order valence-electron chi connectivity index (χ3n) is 10.3. The number of carbonyl (C=O) groups is 3. The van der Waals surface area contributed by atoms with Crippen LogP contribution in [0.1, 0.15) is 39.4 Å². The Morgan fingerprint density at radius 2 is 1.53 bits per heavy atom. The summed E-state index contributed by atoms with van der Waals surface area (Å²) in [6, 6.07) is 36.1. The maximum absolute atomic E-state index is 14.1. The number of aromatic nitrogens is 2. The zero-order chi connectivity index (χ0) is 44.8. The molecule has 2 N–H and O–H groups in total. The van der Waals surface area contributed by atoms with E-state index in [0.717, 1.165) is 16.7 Å². The van der Waals surface area contributed by atoms with Crippen LogP contribution in [0.3, 0.4) is 0 Å². The third-order valence-corrected chi connectivity index (χ3v) is 12.4. The molecule has 0 saturated carbocycles. The van der Waals surface area contributed by atoms with Crippen molar-refractivity contribution in [1.82, 2.24) is 20.4 Å². The van der Waals surface area contributed by atoms with Gasteiger partial charge in [0.1, 0.15) is 47.8 Å². The fourth-order valence-corrected chi connectivity index (χ4v) is 9.34. The van der Waals surface area contributed by atoms with Gasteiger partial charge in [-0.25, -0.2) is 9.78 Å². The molecule has 0 aliphatic carbocycles. The second kappa shape index (κ2) is 18.7. The topological polar surface area (TPSA) is 157 Å². The molecule has 1 fully saturated rings. The van der Waals surface area contributed by atoms with E-state index in [9.17, 15) is 27.6 Å². The third kappa shape index (κ3) is 8.87. The first-order chi connectivity index (χ1) is 31.0. The van der Waals surface area contributed by atoms with Crippen LogP contribution in [0.25, 0.3) is 6.08 Å². The minimum atomic E-state index is -4.73. The van der Waals surface area contributed by atoms with E-state index in [0.29, 0.717) is 22.5 Å². The van der Waals surface area contributed by atoms with E-state index in [2.05, 4.69) is 20.9 Å². The van der Waals surface area contributed by atoms with Gasteiger partial charge >= 0.3 is 12.1 Å². The number of ether oxygens (including phenoxy) is 2. The van der Waals surface area contributed by atoms with Gasteiger partial charge in [-0.05, 0) is 46.0 Å². The lowest BCUT2D eigenvalue weighted by Gasteiger charge is -2.49. The average Bonchev–Trinajstić information content (AvgIpc) is 4.01. The van der Waals surface area contributed by atoms with E-state index in [1.807, 2.05) is 91.0 Å². The Labute approximate surface area is 372 Å². The van der Waals surface area contributed by atoms with Crippen LogP contribution in [0.4, 0.5) is 18.3 Å². The van der Waals surface area contributed by atoms with Crippen molar-refractivity contribution in [2.45, 2.75) is 29.7 Å². The van der Waals surface area contributed by atoms with Crippen LogP contribution in [0.5, 0.6) is 5.75 Å². The molecule has 2 aliphatic rings. The molecule has 0 spiro atoms. The standard InChI is InChI=1S/C46H37F3N6O7S2/c1-59-33-21-18-28(19-22-33)25-61-43(58)39-29(20-23-34-24-36(53-62-34)46(47,48)49)26-63-42-38(41(57)55(39)42)51-40(56)37(54-60-2)35-27-64-44(50-35)52-45(30-12-6-3-7-13-30,31-14-8-4-9-15-31)32-16-10-5-11-17-32/h3-24,27,38,42H,25-26H2,1-2H3,(H,50,52)(H,51,56)/b23-20-,54-37-/t38-,42-/m1/s1. The van der Waals surface area contributed by atoms with Crippen LogP contribution in [0, 0.1) is 0 Å². The van der Waals surface area contributed by atoms with Gasteiger partial charge in [0.05, 0.1) is 7.11 Å². The molecule has 2 aromatic heterocycles. The number of carbonyl (C=O) groups excluding carboxylic acids is 3. The van der Waals surface area contributed by atoms with Gasteiger partial charge < -0.3 is 29.5 Å². The Kier molecular flexibility index (Phi) is 12.7. The van der Waals surface area contributed by atoms with Gasteiger partial charge in [0.2, 0.25) is 0 Å². The Morgan fingerprint density at radius 3 is 2.09 bits per heavy atom. The van der Waals surface area contributed by atoms with Gasteiger partial charge in [0, 0.05) is 17.2 Å². The maximum Gasteiger partial charge on any atom is 0.436 e. The number of anilines is 1. The van der Waals surface area contributed by atoms with Crippen molar-refractivity contribution < 1.29 is 46.4 Å².